The van der Waals surface area contributed by atoms with Gasteiger partial charge in [0.25, 0.3) is 0 Å². The number of carbonyl (C=O) groups excluding carboxylic acids is 1. The Morgan fingerprint density at radius 2 is 2.06 bits per heavy atom. The van der Waals surface area contributed by atoms with E-state index in [2.05, 4.69) is 57.5 Å². The molecule has 0 bridgehead atoms. The zero-order valence-electron chi connectivity index (χ0n) is 10.2. The van der Waals surface area contributed by atoms with E-state index in [1.807, 2.05) is 6.07 Å². The molecule has 3 nitrogen and oxygen atoms in total. The van der Waals surface area contributed by atoms with Crippen molar-refractivity contribution in [2.45, 2.75) is 13.0 Å². The fourth-order valence-electron chi connectivity index (χ4n) is 1.60. The van der Waals surface area contributed by atoms with E-state index in [1.165, 1.54) is 5.56 Å². The second kappa shape index (κ2) is 8.25. The number of hydrogen-bond acceptors (Lipinski definition) is 2. The SMILES string of the molecule is CN(CCCNC(=O)CBr)Cc1ccccc1. The lowest BCUT2D eigenvalue weighted by molar-refractivity contribution is -0.118. The van der Waals surface area contributed by atoms with E-state index in [0.717, 1.165) is 26.1 Å². The normalized spacial score (nSPS) is 10.5. The first-order valence-electron chi connectivity index (χ1n) is 5.77. The van der Waals surface area contributed by atoms with Crippen LogP contribution in [0.15, 0.2) is 30.3 Å². The van der Waals surface area contributed by atoms with Gasteiger partial charge in [-0.3, -0.25) is 4.79 Å². The van der Waals surface area contributed by atoms with Gasteiger partial charge in [-0.1, -0.05) is 46.3 Å². The zero-order valence-corrected chi connectivity index (χ0v) is 11.7. The summed E-state index contributed by atoms with van der Waals surface area (Å²) >= 11 is 3.12. The van der Waals surface area contributed by atoms with Crippen LogP contribution < -0.4 is 5.32 Å². The first-order chi connectivity index (χ1) is 8.22. The van der Waals surface area contributed by atoms with Gasteiger partial charge in [0.1, 0.15) is 0 Å². The van der Waals surface area contributed by atoms with Crippen LogP contribution in [0.4, 0.5) is 0 Å². The third-order valence-corrected chi connectivity index (χ3v) is 2.96. The molecule has 0 radical (unpaired) electrons. The van der Waals surface area contributed by atoms with Crippen LogP contribution in [0.25, 0.3) is 0 Å². The lowest BCUT2D eigenvalue weighted by atomic mass is 10.2. The minimum atomic E-state index is 0.0516. The lowest BCUT2D eigenvalue weighted by Crippen LogP contribution is -2.28. The Morgan fingerprint density at radius 1 is 1.35 bits per heavy atom. The molecule has 0 aliphatic heterocycles. The van der Waals surface area contributed by atoms with Crippen LogP contribution in [-0.4, -0.2) is 36.3 Å². The fraction of sp³-hybridized carbons (Fsp3) is 0.462. The van der Waals surface area contributed by atoms with Gasteiger partial charge in [-0.25, -0.2) is 0 Å². The molecule has 17 heavy (non-hydrogen) atoms. The van der Waals surface area contributed by atoms with E-state index in [0.29, 0.717) is 5.33 Å². The van der Waals surface area contributed by atoms with E-state index >= 15 is 0 Å². The van der Waals surface area contributed by atoms with Crippen molar-refractivity contribution in [1.82, 2.24) is 10.2 Å². The molecule has 4 heteroatoms. The summed E-state index contributed by atoms with van der Waals surface area (Å²) in [6.45, 7) is 2.67. The third-order valence-electron chi connectivity index (χ3n) is 2.46. The number of nitrogens with zero attached hydrogens (tertiary/aromatic N) is 1. The van der Waals surface area contributed by atoms with Gasteiger partial charge in [0.15, 0.2) is 0 Å². The maximum atomic E-state index is 11.0. The second-order valence-corrected chi connectivity index (χ2v) is 4.62. The molecule has 0 saturated heterocycles. The molecule has 1 aromatic rings. The summed E-state index contributed by atoms with van der Waals surface area (Å²) in [7, 11) is 2.10. The number of amides is 1. The first kappa shape index (κ1) is 14.2. The van der Waals surface area contributed by atoms with E-state index in [4.69, 9.17) is 0 Å². The van der Waals surface area contributed by atoms with E-state index < -0.39 is 0 Å². The number of carbonyl (C=O) groups is 1. The molecule has 0 atom stereocenters. The maximum Gasteiger partial charge on any atom is 0.230 e. The summed E-state index contributed by atoms with van der Waals surface area (Å²) in [6, 6.07) is 10.4. The summed E-state index contributed by atoms with van der Waals surface area (Å²) in [5.41, 5.74) is 1.32. The number of nitrogens with one attached hydrogen (secondary N) is 1. The number of benzene rings is 1. The highest BCUT2D eigenvalue weighted by Crippen LogP contribution is 2.02. The molecule has 1 rings (SSSR count). The third kappa shape index (κ3) is 6.44. The number of hydrogen-bond donors (Lipinski definition) is 1. The molecule has 94 valence electrons. The van der Waals surface area contributed by atoms with Gasteiger partial charge in [0, 0.05) is 13.1 Å². The van der Waals surface area contributed by atoms with Crippen LogP contribution in [0.1, 0.15) is 12.0 Å². The van der Waals surface area contributed by atoms with Gasteiger partial charge in [0.2, 0.25) is 5.91 Å². The topological polar surface area (TPSA) is 32.3 Å². The van der Waals surface area contributed by atoms with Gasteiger partial charge >= 0.3 is 0 Å². The standard InChI is InChI=1S/C13H19BrN2O/c1-16(9-5-8-15-13(17)10-14)11-12-6-3-2-4-7-12/h2-4,6-7H,5,8-11H2,1H3,(H,15,17). The van der Waals surface area contributed by atoms with Crippen LogP contribution in [0.2, 0.25) is 0 Å². The van der Waals surface area contributed by atoms with Crippen molar-refractivity contribution < 1.29 is 4.79 Å². The maximum absolute atomic E-state index is 11.0. The highest BCUT2D eigenvalue weighted by Gasteiger charge is 2.00. The Hall–Kier alpha value is -0.870. The van der Waals surface area contributed by atoms with Gasteiger partial charge in [-0.2, -0.15) is 0 Å². The summed E-state index contributed by atoms with van der Waals surface area (Å²) in [4.78, 5) is 13.2. The molecule has 0 fully saturated rings. The summed E-state index contributed by atoms with van der Waals surface area (Å²) in [6.07, 6.45) is 0.974. The van der Waals surface area contributed by atoms with Crippen molar-refractivity contribution >= 4 is 21.8 Å². The number of rotatable bonds is 7. The largest absolute Gasteiger partial charge is 0.355 e. The van der Waals surface area contributed by atoms with Crippen LogP contribution in [-0.2, 0) is 11.3 Å². The molecule has 1 N–H and O–H groups in total. The summed E-state index contributed by atoms with van der Waals surface area (Å²) < 4.78 is 0. The van der Waals surface area contributed by atoms with Gasteiger partial charge in [-0.15, -0.1) is 0 Å². The minimum absolute atomic E-state index is 0.0516. The average molecular weight is 299 g/mol. The predicted octanol–water partition coefficient (Wildman–Crippen LogP) is 2.02. The van der Waals surface area contributed by atoms with Crippen molar-refractivity contribution in [2.75, 3.05) is 25.5 Å². The molecule has 0 saturated carbocycles. The van der Waals surface area contributed by atoms with Crippen molar-refractivity contribution in [3.05, 3.63) is 35.9 Å². The Balaban J connectivity index is 2.13. The predicted molar refractivity (Wildman–Crippen MR) is 74.2 cm³/mol. The number of alkyl halides is 1. The first-order valence-corrected chi connectivity index (χ1v) is 6.89. The van der Waals surface area contributed by atoms with Crippen molar-refractivity contribution in [2.24, 2.45) is 0 Å². The minimum Gasteiger partial charge on any atom is -0.355 e. The highest BCUT2D eigenvalue weighted by atomic mass is 79.9. The Kier molecular flexibility index (Phi) is 6.89. The van der Waals surface area contributed by atoms with Crippen molar-refractivity contribution in [3.8, 4) is 0 Å². The molecule has 0 spiro atoms. The molecule has 0 aliphatic rings. The number of halogens is 1. The van der Waals surface area contributed by atoms with Crippen LogP contribution in [0, 0.1) is 0 Å². The monoisotopic (exact) mass is 298 g/mol. The highest BCUT2D eigenvalue weighted by molar-refractivity contribution is 9.09. The van der Waals surface area contributed by atoms with Gasteiger partial charge in [0.05, 0.1) is 5.33 Å². The van der Waals surface area contributed by atoms with Crippen LogP contribution in [0.5, 0.6) is 0 Å². The molecule has 0 unspecified atom stereocenters. The molecule has 0 aliphatic carbocycles. The average Bonchev–Trinajstić information content (AvgIpc) is 2.35. The molecule has 0 aromatic heterocycles. The van der Waals surface area contributed by atoms with E-state index in [1.54, 1.807) is 0 Å². The van der Waals surface area contributed by atoms with Crippen molar-refractivity contribution in [3.63, 3.8) is 0 Å². The van der Waals surface area contributed by atoms with Crippen LogP contribution >= 0.6 is 15.9 Å². The summed E-state index contributed by atoms with van der Waals surface area (Å²) in [5.74, 6) is 0.0516. The van der Waals surface area contributed by atoms with Crippen molar-refractivity contribution in [1.29, 1.82) is 0 Å². The van der Waals surface area contributed by atoms with Gasteiger partial charge in [-0.05, 0) is 25.6 Å². The fourth-order valence-corrected chi connectivity index (χ4v) is 1.80. The molecular weight excluding hydrogens is 280 g/mol. The lowest BCUT2D eigenvalue weighted by Gasteiger charge is -2.16. The smallest absolute Gasteiger partial charge is 0.230 e. The zero-order chi connectivity index (χ0) is 12.5. The molecule has 1 amide bonds. The second-order valence-electron chi connectivity index (χ2n) is 4.06. The van der Waals surface area contributed by atoms with E-state index in [-0.39, 0.29) is 5.91 Å². The quantitative estimate of drug-likeness (QED) is 0.617. The summed E-state index contributed by atoms with van der Waals surface area (Å²) in [5, 5.41) is 3.22. The molecule has 1 aromatic carbocycles. The van der Waals surface area contributed by atoms with Gasteiger partial charge < -0.3 is 10.2 Å². The molecule has 0 heterocycles. The Morgan fingerprint density at radius 3 is 2.71 bits per heavy atom. The Labute approximate surface area is 111 Å². The van der Waals surface area contributed by atoms with E-state index in [9.17, 15) is 4.79 Å². The Bertz CT molecular complexity index is 329. The molecular formula is C13H19BrN2O. The van der Waals surface area contributed by atoms with Crippen LogP contribution in [0.3, 0.4) is 0 Å².